The van der Waals surface area contributed by atoms with Gasteiger partial charge in [-0.25, -0.2) is 4.39 Å². The van der Waals surface area contributed by atoms with Crippen LogP contribution in [0.4, 0.5) is 4.39 Å². The zero-order valence-corrected chi connectivity index (χ0v) is 15.5. The lowest BCUT2D eigenvalue weighted by Gasteiger charge is -2.15. The number of aromatic nitrogens is 1. The summed E-state index contributed by atoms with van der Waals surface area (Å²) in [5, 5.41) is 22.4. The molecule has 1 N–H and O–H groups in total. The number of carboxylic acid groups (broad SMARTS) is 1. The van der Waals surface area contributed by atoms with Crippen molar-refractivity contribution in [3.63, 3.8) is 0 Å². The molecule has 5 nitrogen and oxygen atoms in total. The summed E-state index contributed by atoms with van der Waals surface area (Å²) in [7, 11) is 0. The quantitative estimate of drug-likeness (QED) is 0.470. The maximum atomic E-state index is 13.1. The van der Waals surface area contributed by atoms with Gasteiger partial charge in [0.2, 0.25) is 0 Å². The Bertz CT molecular complexity index is 978. The molecular formula is C21H17ClFNO4. The predicted octanol–water partition coefficient (Wildman–Crippen LogP) is 4.39. The van der Waals surface area contributed by atoms with Gasteiger partial charge in [0.05, 0.1) is 11.5 Å². The summed E-state index contributed by atoms with van der Waals surface area (Å²) in [4.78, 5) is 11.8. The summed E-state index contributed by atoms with van der Waals surface area (Å²) in [6.07, 6.45) is 1.53. The highest BCUT2D eigenvalue weighted by molar-refractivity contribution is 6.31. The fourth-order valence-electron chi connectivity index (χ4n) is 2.84. The zero-order chi connectivity index (χ0) is 20.1. The summed E-state index contributed by atoms with van der Waals surface area (Å²) in [5.74, 6) is -2.01. The summed E-state index contributed by atoms with van der Waals surface area (Å²) < 4.78 is 19.2. The number of hydrogen-bond acceptors (Lipinski definition) is 3. The highest BCUT2D eigenvalue weighted by atomic mass is 35.5. The van der Waals surface area contributed by atoms with Crippen molar-refractivity contribution in [2.45, 2.75) is 12.8 Å². The van der Waals surface area contributed by atoms with Crippen molar-refractivity contribution in [1.82, 2.24) is 0 Å². The standard InChI is InChI=1S/C21H17ClFNO4/c22-19-6-2-1-4-14(19)12-16(21(25)26)13-15-5-3-11-24(27)20(15)28-18-9-7-17(23)8-10-18/h1-11,16H,12-13H2,(H,25,26). The van der Waals surface area contributed by atoms with Gasteiger partial charge in [-0.15, -0.1) is 4.73 Å². The Morgan fingerprint density at radius 2 is 1.71 bits per heavy atom. The fraction of sp³-hybridized carbons (Fsp3) is 0.143. The predicted molar refractivity (Wildman–Crippen MR) is 102 cm³/mol. The summed E-state index contributed by atoms with van der Waals surface area (Å²) in [6.45, 7) is 0. The molecule has 0 spiro atoms. The molecule has 2 aromatic carbocycles. The number of rotatable bonds is 7. The third-order valence-electron chi connectivity index (χ3n) is 4.26. The second kappa shape index (κ2) is 8.71. The van der Waals surface area contributed by atoms with Crippen LogP contribution in [-0.4, -0.2) is 11.1 Å². The molecule has 3 aromatic rings. The van der Waals surface area contributed by atoms with E-state index in [1.165, 1.54) is 36.5 Å². The molecule has 0 saturated carbocycles. The van der Waals surface area contributed by atoms with Gasteiger partial charge >= 0.3 is 11.8 Å². The molecule has 144 valence electrons. The van der Waals surface area contributed by atoms with E-state index >= 15 is 0 Å². The van der Waals surface area contributed by atoms with Crippen molar-refractivity contribution >= 4 is 17.6 Å². The Morgan fingerprint density at radius 1 is 1.07 bits per heavy atom. The highest BCUT2D eigenvalue weighted by Crippen LogP contribution is 2.27. The first-order valence-electron chi connectivity index (χ1n) is 8.54. The van der Waals surface area contributed by atoms with Crippen molar-refractivity contribution in [3.8, 4) is 11.6 Å². The van der Waals surface area contributed by atoms with Gasteiger partial charge in [-0.2, -0.15) is 0 Å². The molecule has 0 radical (unpaired) electrons. The highest BCUT2D eigenvalue weighted by Gasteiger charge is 2.25. The van der Waals surface area contributed by atoms with Crippen molar-refractivity contribution in [2.24, 2.45) is 5.92 Å². The van der Waals surface area contributed by atoms with Crippen molar-refractivity contribution in [3.05, 3.63) is 94.0 Å². The van der Waals surface area contributed by atoms with Crippen LogP contribution in [0, 0.1) is 16.9 Å². The topological polar surface area (TPSA) is 73.5 Å². The maximum Gasteiger partial charge on any atom is 0.388 e. The minimum Gasteiger partial charge on any atom is -0.616 e. The first kappa shape index (κ1) is 19.6. The van der Waals surface area contributed by atoms with E-state index in [-0.39, 0.29) is 24.5 Å². The number of carbonyl (C=O) groups is 1. The Hall–Kier alpha value is -3.12. The summed E-state index contributed by atoms with van der Waals surface area (Å²) in [5.41, 5.74) is 1.14. The molecule has 1 unspecified atom stereocenters. The minimum atomic E-state index is -1.01. The molecule has 0 aliphatic rings. The molecule has 0 fully saturated rings. The van der Waals surface area contributed by atoms with E-state index in [1.807, 2.05) is 0 Å². The molecule has 0 amide bonds. The van der Waals surface area contributed by atoms with Crippen LogP contribution in [0.2, 0.25) is 5.02 Å². The third-order valence-corrected chi connectivity index (χ3v) is 4.63. The van der Waals surface area contributed by atoms with Gasteiger partial charge in [0.15, 0.2) is 6.20 Å². The van der Waals surface area contributed by atoms with Gasteiger partial charge in [-0.1, -0.05) is 29.8 Å². The van der Waals surface area contributed by atoms with Gasteiger partial charge in [0.1, 0.15) is 11.6 Å². The average Bonchev–Trinajstić information content (AvgIpc) is 2.67. The number of pyridine rings is 1. The first-order chi connectivity index (χ1) is 13.4. The van der Waals surface area contributed by atoms with E-state index in [0.29, 0.717) is 20.9 Å². The number of hydrogen-bond donors (Lipinski definition) is 1. The molecule has 1 aromatic heterocycles. The van der Waals surface area contributed by atoms with Crippen LogP contribution < -0.4 is 9.47 Å². The molecule has 0 saturated heterocycles. The van der Waals surface area contributed by atoms with Crippen LogP contribution in [0.15, 0.2) is 66.9 Å². The Morgan fingerprint density at radius 3 is 2.39 bits per heavy atom. The van der Waals surface area contributed by atoms with Crippen LogP contribution >= 0.6 is 11.6 Å². The number of nitrogens with zero attached hydrogens (tertiary/aromatic N) is 1. The molecule has 0 aliphatic carbocycles. The van der Waals surface area contributed by atoms with Crippen LogP contribution in [0.3, 0.4) is 0 Å². The zero-order valence-electron chi connectivity index (χ0n) is 14.7. The van der Waals surface area contributed by atoms with Crippen molar-refractivity contribution < 1.29 is 23.8 Å². The van der Waals surface area contributed by atoms with Crippen molar-refractivity contribution in [2.75, 3.05) is 0 Å². The van der Waals surface area contributed by atoms with Crippen LogP contribution in [-0.2, 0) is 17.6 Å². The molecule has 7 heteroatoms. The normalized spacial score (nSPS) is 11.8. The summed E-state index contributed by atoms with van der Waals surface area (Å²) >= 11 is 6.15. The van der Waals surface area contributed by atoms with Gasteiger partial charge < -0.3 is 15.1 Å². The molecular weight excluding hydrogens is 385 g/mol. The van der Waals surface area contributed by atoms with Crippen LogP contribution in [0.25, 0.3) is 0 Å². The Labute approximate surface area is 166 Å². The van der Waals surface area contributed by atoms with E-state index in [9.17, 15) is 19.5 Å². The first-order valence-corrected chi connectivity index (χ1v) is 8.92. The van der Waals surface area contributed by atoms with E-state index in [4.69, 9.17) is 16.3 Å². The maximum absolute atomic E-state index is 13.1. The van der Waals surface area contributed by atoms with Crippen LogP contribution in [0.1, 0.15) is 11.1 Å². The number of benzene rings is 2. The molecule has 0 bridgehead atoms. The number of aliphatic carboxylic acids is 1. The fourth-order valence-corrected chi connectivity index (χ4v) is 3.05. The lowest BCUT2D eigenvalue weighted by atomic mass is 9.93. The molecule has 28 heavy (non-hydrogen) atoms. The third kappa shape index (κ3) is 4.78. The van der Waals surface area contributed by atoms with E-state index < -0.39 is 17.7 Å². The van der Waals surface area contributed by atoms with Gasteiger partial charge in [-0.3, -0.25) is 4.79 Å². The molecule has 3 rings (SSSR count). The second-order valence-electron chi connectivity index (χ2n) is 6.26. The van der Waals surface area contributed by atoms with Gasteiger partial charge in [0, 0.05) is 11.1 Å². The Balaban J connectivity index is 1.87. The largest absolute Gasteiger partial charge is 0.616 e. The molecule has 1 atom stereocenters. The summed E-state index contributed by atoms with van der Waals surface area (Å²) in [6, 6.07) is 15.4. The van der Waals surface area contributed by atoms with Crippen LogP contribution in [0.5, 0.6) is 11.6 Å². The van der Waals surface area contributed by atoms with E-state index in [2.05, 4.69) is 0 Å². The lowest BCUT2D eigenvalue weighted by Crippen LogP contribution is -2.30. The molecule has 0 aliphatic heterocycles. The number of carboxylic acids is 1. The average molecular weight is 402 g/mol. The van der Waals surface area contributed by atoms with Crippen molar-refractivity contribution in [1.29, 1.82) is 0 Å². The minimum absolute atomic E-state index is 0.0421. The Kier molecular flexibility index (Phi) is 6.11. The van der Waals surface area contributed by atoms with E-state index in [0.717, 1.165) is 0 Å². The number of ether oxygens (including phenoxy) is 1. The smallest absolute Gasteiger partial charge is 0.388 e. The van der Waals surface area contributed by atoms with Gasteiger partial charge in [0.25, 0.3) is 0 Å². The molecule has 1 heterocycles. The number of halogens is 2. The second-order valence-corrected chi connectivity index (χ2v) is 6.66. The van der Waals surface area contributed by atoms with E-state index in [1.54, 1.807) is 30.3 Å². The SMILES string of the molecule is O=C(O)C(Cc1ccccc1Cl)Cc1ccc[n+]([O-])c1Oc1ccc(F)cc1. The lowest BCUT2D eigenvalue weighted by molar-refractivity contribution is -0.611. The monoisotopic (exact) mass is 401 g/mol. The van der Waals surface area contributed by atoms with Gasteiger partial charge in [-0.05, 0) is 54.8 Å².